The molecule has 0 aliphatic carbocycles. The first-order valence-electron chi connectivity index (χ1n) is 7.94. The molecular weight excluding hydrogens is 330 g/mol. The number of nitrogens with zero attached hydrogens (tertiary/aromatic N) is 3. The quantitative estimate of drug-likeness (QED) is 0.562. The molecule has 0 aliphatic heterocycles. The molecule has 6 heteroatoms. The van der Waals surface area contributed by atoms with Crippen molar-refractivity contribution in [3.05, 3.63) is 59.7 Å². The summed E-state index contributed by atoms with van der Waals surface area (Å²) >= 11 is 1.37. The van der Waals surface area contributed by atoms with Crippen LogP contribution < -0.4 is 11.1 Å². The Kier molecular flexibility index (Phi) is 3.82. The number of benzene rings is 2. The Hall–Kier alpha value is -2.99. The summed E-state index contributed by atoms with van der Waals surface area (Å²) in [5, 5.41) is 3.83. The molecule has 2 heterocycles. The Morgan fingerprint density at radius 2 is 1.60 bits per heavy atom. The molecule has 2 aromatic heterocycles. The van der Waals surface area contributed by atoms with Crippen LogP contribution in [-0.4, -0.2) is 15.0 Å². The predicted molar refractivity (Wildman–Crippen MR) is 104 cm³/mol. The van der Waals surface area contributed by atoms with Crippen molar-refractivity contribution in [1.29, 1.82) is 0 Å². The summed E-state index contributed by atoms with van der Waals surface area (Å²) in [4.78, 5) is 14.7. The second kappa shape index (κ2) is 6.14. The van der Waals surface area contributed by atoms with Crippen LogP contribution in [0.5, 0.6) is 0 Å². The van der Waals surface area contributed by atoms with E-state index in [1.54, 1.807) is 0 Å². The highest BCUT2D eigenvalue weighted by Crippen LogP contribution is 2.33. The normalized spacial score (nSPS) is 11.0. The number of fused-ring (bicyclic) bond motifs is 1. The standard InChI is InChI=1S/C19H17N5S/c1-11-7-6-8-12(2)14(11)16-23-17(21-13-9-4-3-5-10-13)15-18(24-16)25-19(20)22-15/h3-10H,1-2H3,(H2,20,22)(H,21,23,24). The van der Waals surface area contributed by atoms with E-state index in [2.05, 4.69) is 36.3 Å². The maximum absolute atomic E-state index is 5.91. The van der Waals surface area contributed by atoms with E-state index < -0.39 is 0 Å². The van der Waals surface area contributed by atoms with Crippen molar-refractivity contribution in [3.8, 4) is 11.4 Å². The number of nitrogens with two attached hydrogens (primary N) is 1. The maximum atomic E-state index is 5.91. The van der Waals surface area contributed by atoms with Gasteiger partial charge in [-0.1, -0.05) is 47.7 Å². The van der Waals surface area contributed by atoms with Gasteiger partial charge in [0.25, 0.3) is 0 Å². The zero-order chi connectivity index (χ0) is 17.4. The molecule has 25 heavy (non-hydrogen) atoms. The zero-order valence-corrected chi connectivity index (χ0v) is 14.8. The van der Waals surface area contributed by atoms with Crippen LogP contribution in [0.15, 0.2) is 48.5 Å². The van der Waals surface area contributed by atoms with Crippen molar-refractivity contribution in [2.24, 2.45) is 0 Å². The highest BCUT2D eigenvalue weighted by atomic mass is 32.1. The van der Waals surface area contributed by atoms with E-state index in [0.717, 1.165) is 27.2 Å². The van der Waals surface area contributed by atoms with Gasteiger partial charge >= 0.3 is 0 Å². The smallest absolute Gasteiger partial charge is 0.182 e. The molecule has 4 aromatic rings. The van der Waals surface area contributed by atoms with E-state index in [4.69, 9.17) is 15.7 Å². The van der Waals surface area contributed by atoms with Crippen LogP contribution >= 0.6 is 11.3 Å². The molecule has 3 N–H and O–H groups in total. The molecule has 0 fully saturated rings. The first-order valence-corrected chi connectivity index (χ1v) is 8.76. The van der Waals surface area contributed by atoms with Gasteiger partial charge in [0, 0.05) is 11.3 Å². The Labute approximate surface area is 149 Å². The van der Waals surface area contributed by atoms with Gasteiger partial charge in [-0.3, -0.25) is 0 Å². The number of anilines is 3. The lowest BCUT2D eigenvalue weighted by Crippen LogP contribution is -2.00. The second-order valence-electron chi connectivity index (χ2n) is 5.86. The first-order chi connectivity index (χ1) is 12.1. The van der Waals surface area contributed by atoms with Gasteiger partial charge in [0.05, 0.1) is 0 Å². The SMILES string of the molecule is Cc1cccc(C)c1-c1nc(Nc2ccccc2)c2nc(N)sc2n1. The van der Waals surface area contributed by atoms with Gasteiger partial charge in [-0.15, -0.1) is 0 Å². The third-order valence-electron chi connectivity index (χ3n) is 4.02. The maximum Gasteiger partial charge on any atom is 0.182 e. The van der Waals surface area contributed by atoms with Crippen LogP contribution in [0.1, 0.15) is 11.1 Å². The van der Waals surface area contributed by atoms with E-state index in [0.29, 0.717) is 22.3 Å². The minimum Gasteiger partial charge on any atom is -0.375 e. The van der Waals surface area contributed by atoms with Crippen molar-refractivity contribution in [2.75, 3.05) is 11.1 Å². The number of aryl methyl sites for hydroxylation is 2. The highest BCUT2D eigenvalue weighted by Gasteiger charge is 2.16. The fraction of sp³-hybridized carbons (Fsp3) is 0.105. The van der Waals surface area contributed by atoms with Crippen molar-refractivity contribution in [3.63, 3.8) is 0 Å². The highest BCUT2D eigenvalue weighted by molar-refractivity contribution is 7.21. The molecule has 5 nitrogen and oxygen atoms in total. The fourth-order valence-electron chi connectivity index (χ4n) is 2.86. The molecule has 0 atom stereocenters. The number of hydrogen-bond acceptors (Lipinski definition) is 6. The van der Waals surface area contributed by atoms with Crippen molar-refractivity contribution in [1.82, 2.24) is 15.0 Å². The summed E-state index contributed by atoms with van der Waals surface area (Å²) in [5.41, 5.74) is 10.9. The third-order valence-corrected chi connectivity index (χ3v) is 4.79. The molecule has 0 amide bonds. The lowest BCUT2D eigenvalue weighted by atomic mass is 10.0. The van der Waals surface area contributed by atoms with Crippen molar-refractivity contribution in [2.45, 2.75) is 13.8 Å². The van der Waals surface area contributed by atoms with E-state index >= 15 is 0 Å². The first kappa shape index (κ1) is 15.5. The Morgan fingerprint density at radius 3 is 2.32 bits per heavy atom. The third kappa shape index (κ3) is 2.92. The average molecular weight is 347 g/mol. The molecule has 0 saturated heterocycles. The summed E-state index contributed by atoms with van der Waals surface area (Å²) in [7, 11) is 0. The van der Waals surface area contributed by atoms with Gasteiger partial charge in [-0.05, 0) is 37.1 Å². The van der Waals surface area contributed by atoms with Crippen LogP contribution in [0.3, 0.4) is 0 Å². The van der Waals surface area contributed by atoms with E-state index in [9.17, 15) is 0 Å². The summed E-state index contributed by atoms with van der Waals surface area (Å²) in [6.45, 7) is 4.14. The number of rotatable bonds is 3. The van der Waals surface area contributed by atoms with E-state index in [1.165, 1.54) is 11.3 Å². The average Bonchev–Trinajstić information content (AvgIpc) is 2.96. The van der Waals surface area contributed by atoms with Gasteiger partial charge in [0.15, 0.2) is 21.6 Å². The molecule has 0 saturated carbocycles. The van der Waals surface area contributed by atoms with Gasteiger partial charge in [0.2, 0.25) is 0 Å². The van der Waals surface area contributed by atoms with Crippen LogP contribution in [0, 0.1) is 13.8 Å². The molecule has 0 bridgehead atoms. The Bertz CT molecular complexity index is 1040. The lowest BCUT2D eigenvalue weighted by Gasteiger charge is -2.11. The topological polar surface area (TPSA) is 76.7 Å². The molecule has 0 spiro atoms. The number of aromatic nitrogens is 3. The summed E-state index contributed by atoms with van der Waals surface area (Å²) < 4.78 is 0. The summed E-state index contributed by atoms with van der Waals surface area (Å²) in [5.74, 6) is 1.35. The predicted octanol–water partition coefficient (Wildman–Crippen LogP) is 4.70. The molecule has 4 rings (SSSR count). The van der Waals surface area contributed by atoms with Crippen molar-refractivity contribution >= 4 is 38.3 Å². The van der Waals surface area contributed by atoms with Crippen LogP contribution in [0.4, 0.5) is 16.6 Å². The fourth-order valence-corrected chi connectivity index (χ4v) is 3.57. The largest absolute Gasteiger partial charge is 0.375 e. The Balaban J connectivity index is 1.92. The van der Waals surface area contributed by atoms with Crippen LogP contribution in [-0.2, 0) is 0 Å². The van der Waals surface area contributed by atoms with Gasteiger partial charge in [0.1, 0.15) is 5.52 Å². The lowest BCUT2D eigenvalue weighted by molar-refractivity contribution is 1.20. The molecule has 0 unspecified atom stereocenters. The Morgan fingerprint density at radius 1 is 0.880 bits per heavy atom. The molecule has 2 aromatic carbocycles. The second-order valence-corrected chi connectivity index (χ2v) is 6.87. The summed E-state index contributed by atoms with van der Waals surface area (Å²) in [6.07, 6.45) is 0. The number of hydrogen-bond donors (Lipinski definition) is 2. The minimum atomic E-state index is 0.485. The minimum absolute atomic E-state index is 0.485. The van der Waals surface area contributed by atoms with Crippen LogP contribution in [0.25, 0.3) is 21.7 Å². The molecule has 0 radical (unpaired) electrons. The number of para-hydroxylation sites is 1. The molecule has 0 aliphatic rings. The van der Waals surface area contributed by atoms with E-state index in [-0.39, 0.29) is 0 Å². The van der Waals surface area contributed by atoms with Gasteiger partial charge < -0.3 is 11.1 Å². The summed E-state index contributed by atoms with van der Waals surface area (Å²) in [6, 6.07) is 16.1. The van der Waals surface area contributed by atoms with Gasteiger partial charge in [-0.2, -0.15) is 0 Å². The number of nitrogens with one attached hydrogen (secondary N) is 1. The number of nitrogen functional groups attached to an aromatic ring is 1. The molecular formula is C19H17N5S. The van der Waals surface area contributed by atoms with Crippen LogP contribution in [0.2, 0.25) is 0 Å². The zero-order valence-electron chi connectivity index (χ0n) is 13.9. The van der Waals surface area contributed by atoms with Crippen molar-refractivity contribution < 1.29 is 0 Å². The van der Waals surface area contributed by atoms with E-state index in [1.807, 2.05) is 36.4 Å². The monoisotopic (exact) mass is 347 g/mol. The number of thiazole rings is 1. The van der Waals surface area contributed by atoms with Gasteiger partial charge in [-0.25, -0.2) is 15.0 Å². The molecule has 124 valence electrons.